The van der Waals surface area contributed by atoms with Gasteiger partial charge in [-0.25, -0.2) is 9.97 Å². The lowest BCUT2D eigenvalue weighted by Crippen LogP contribution is -2.57. The molecule has 2 saturated heterocycles. The van der Waals surface area contributed by atoms with E-state index in [2.05, 4.69) is 21.3 Å². The highest BCUT2D eigenvalue weighted by Crippen LogP contribution is 2.42. The second-order valence-corrected chi connectivity index (χ2v) is 24.2. The Morgan fingerprint density at radius 3 is 1.64 bits per heavy atom. The molecule has 73 heavy (non-hydrogen) atoms. The summed E-state index contributed by atoms with van der Waals surface area (Å²) >= 11 is 3.03. The van der Waals surface area contributed by atoms with E-state index in [-0.39, 0.29) is 65.3 Å². The van der Waals surface area contributed by atoms with E-state index < -0.39 is 29.0 Å². The summed E-state index contributed by atoms with van der Waals surface area (Å²) in [4.78, 5) is 96.0. The number of Topliss-reactive ketones (excluding diaryl/α,β-unsaturated/α-hetero) is 1. The SMILES string of the molecule is CC[C@@H](C)C(=O)N[C@H](C(=O)N1C[C@@H](NC(=O)CCCCCCCC(=O)C[C@H]2C[C@@H](c3nc(-c4ccccc4)cs3)N(C(=O)[C@@H](NC(=O)[C@H](C)NC)C(C)(C)C)C2)C[C@H]1c1nc(-c2ccccc2)cs1)C(C)(C)C. The van der Waals surface area contributed by atoms with Gasteiger partial charge in [-0.05, 0) is 62.8 Å². The predicted octanol–water partition coefficient (Wildman–Crippen LogP) is 9.69. The lowest BCUT2D eigenvalue weighted by atomic mass is 9.85. The van der Waals surface area contributed by atoms with Crippen LogP contribution in [0.3, 0.4) is 0 Å². The molecule has 6 rings (SSSR count). The molecule has 5 amide bonds. The molecule has 2 aromatic carbocycles. The molecule has 8 atom stereocenters. The highest BCUT2D eigenvalue weighted by atomic mass is 32.1. The molecule has 0 bridgehead atoms. The van der Waals surface area contributed by atoms with Crippen molar-refractivity contribution in [1.82, 2.24) is 41.0 Å². The number of likely N-dealkylation sites (tertiary alicyclic amines) is 2. The number of hydrogen-bond acceptors (Lipinski definition) is 11. The maximum Gasteiger partial charge on any atom is 0.246 e. The average molecular weight is 1040 g/mol. The molecular formula is C57H80N8O6S2. The molecule has 0 radical (unpaired) electrons. The lowest BCUT2D eigenvalue weighted by molar-refractivity contribution is -0.141. The van der Waals surface area contributed by atoms with E-state index >= 15 is 0 Å². The number of ketones is 1. The molecule has 396 valence electrons. The molecule has 0 aliphatic carbocycles. The summed E-state index contributed by atoms with van der Waals surface area (Å²) in [6.45, 7) is 18.1. The van der Waals surface area contributed by atoms with Gasteiger partial charge in [-0.1, -0.05) is 135 Å². The van der Waals surface area contributed by atoms with Gasteiger partial charge in [-0.3, -0.25) is 28.8 Å². The van der Waals surface area contributed by atoms with E-state index in [0.717, 1.165) is 58.2 Å². The van der Waals surface area contributed by atoms with Crippen molar-refractivity contribution in [2.75, 3.05) is 20.1 Å². The minimum absolute atomic E-state index is 0.0410. The Morgan fingerprint density at radius 2 is 1.14 bits per heavy atom. The molecule has 2 aliphatic rings. The van der Waals surface area contributed by atoms with Gasteiger partial charge in [0.05, 0.1) is 29.5 Å². The number of unbranched alkanes of at least 4 members (excludes halogenated alkanes) is 4. The minimum atomic E-state index is -0.769. The average Bonchev–Trinajstić information content (AvgIpc) is 4.20. The van der Waals surface area contributed by atoms with Crippen molar-refractivity contribution in [3.8, 4) is 22.5 Å². The molecule has 0 saturated carbocycles. The molecule has 0 unspecified atom stereocenters. The molecule has 2 aromatic heterocycles. The number of likely N-dealkylation sites (N-methyl/N-ethyl adjacent to an activating group) is 1. The first kappa shape index (κ1) is 57.0. The van der Waals surface area contributed by atoms with Gasteiger partial charge in [0.2, 0.25) is 29.5 Å². The van der Waals surface area contributed by atoms with Crippen molar-refractivity contribution in [3.05, 3.63) is 81.4 Å². The smallest absolute Gasteiger partial charge is 0.246 e. The molecule has 14 nitrogen and oxygen atoms in total. The third-order valence-electron chi connectivity index (χ3n) is 14.4. The zero-order valence-corrected chi connectivity index (χ0v) is 46.4. The topological polar surface area (TPSA) is 183 Å². The first-order valence-corrected chi connectivity index (χ1v) is 28.2. The summed E-state index contributed by atoms with van der Waals surface area (Å²) < 4.78 is 0. The number of hydrogen-bond donors (Lipinski definition) is 4. The van der Waals surface area contributed by atoms with Crippen molar-refractivity contribution in [3.63, 3.8) is 0 Å². The molecule has 0 spiro atoms. The molecular weight excluding hydrogens is 957 g/mol. The Hall–Kier alpha value is -5.32. The van der Waals surface area contributed by atoms with Crippen LogP contribution >= 0.6 is 22.7 Å². The minimum Gasteiger partial charge on any atom is -0.351 e. The standard InChI is InChI=1S/C57H80N8O6S2/c1-11-36(2)50(68)62-48(56(4,5)6)55(71)65-33-41(31-46(65)53-61-44(35-73-53)40-25-19-16-20-26-40)59-47(67)28-22-14-12-13-21-27-42(66)29-38-30-45(52-60-43(34-72-52)39-23-17-15-18-24-39)64(32-38)54(70)49(57(7,8)9)63-51(69)37(3)58-10/h15-20,23-26,34-38,41,45-46,48-49,58H,11-14,21-22,27-33H2,1-10H3,(H,59,67)(H,62,68)(H,63,69)/t36-,37+,38+,41+,45+,46+,48-,49-/m1/s1. The summed E-state index contributed by atoms with van der Waals surface area (Å²) in [5.74, 6) is -0.899. The van der Waals surface area contributed by atoms with Crippen LogP contribution in [-0.4, -0.2) is 99.4 Å². The second-order valence-electron chi connectivity index (χ2n) is 22.4. The normalized spacial score (nSPS) is 19.8. The fourth-order valence-corrected chi connectivity index (χ4v) is 11.6. The Kier molecular flexibility index (Phi) is 20.1. The van der Waals surface area contributed by atoms with Gasteiger partial charge in [0, 0.05) is 66.2 Å². The number of rotatable bonds is 23. The van der Waals surface area contributed by atoms with Crippen LogP contribution in [-0.2, 0) is 28.8 Å². The Bertz CT molecular complexity index is 2310. The molecule has 2 aliphatic heterocycles. The maximum absolute atomic E-state index is 14.5. The Morgan fingerprint density at radius 1 is 0.658 bits per heavy atom. The molecule has 16 heteroatoms. The van der Waals surface area contributed by atoms with Crippen LogP contribution < -0.4 is 21.3 Å². The zero-order chi connectivity index (χ0) is 53.0. The number of carbonyl (C=O) groups is 6. The van der Waals surface area contributed by atoms with E-state index in [1.54, 1.807) is 14.0 Å². The van der Waals surface area contributed by atoms with Gasteiger partial charge < -0.3 is 31.1 Å². The van der Waals surface area contributed by atoms with Crippen LogP contribution in [0.25, 0.3) is 22.5 Å². The van der Waals surface area contributed by atoms with Gasteiger partial charge in [-0.15, -0.1) is 22.7 Å². The number of carbonyl (C=O) groups excluding carboxylic acids is 6. The zero-order valence-electron chi connectivity index (χ0n) is 44.8. The van der Waals surface area contributed by atoms with Gasteiger partial charge in [0.25, 0.3) is 0 Å². The van der Waals surface area contributed by atoms with E-state index in [1.807, 2.05) is 137 Å². The Labute approximate surface area is 441 Å². The van der Waals surface area contributed by atoms with Crippen molar-refractivity contribution < 1.29 is 28.8 Å². The fourth-order valence-electron chi connectivity index (χ4n) is 9.69. The number of nitrogens with zero attached hydrogens (tertiary/aromatic N) is 4. The van der Waals surface area contributed by atoms with E-state index in [4.69, 9.17) is 9.97 Å². The van der Waals surface area contributed by atoms with Crippen molar-refractivity contribution >= 4 is 58.0 Å². The highest BCUT2D eigenvalue weighted by Gasteiger charge is 2.46. The highest BCUT2D eigenvalue weighted by molar-refractivity contribution is 7.10. The molecule has 4 aromatic rings. The van der Waals surface area contributed by atoms with Crippen LogP contribution in [0.2, 0.25) is 0 Å². The van der Waals surface area contributed by atoms with Gasteiger partial charge in [0.15, 0.2) is 0 Å². The Balaban J connectivity index is 1.00. The van der Waals surface area contributed by atoms with Crippen LogP contribution in [0.15, 0.2) is 71.4 Å². The van der Waals surface area contributed by atoms with Crippen molar-refractivity contribution in [1.29, 1.82) is 0 Å². The quantitative estimate of drug-likeness (QED) is 0.0526. The number of aromatic nitrogens is 2. The summed E-state index contributed by atoms with van der Waals surface area (Å²) in [6, 6.07) is 16.9. The number of thiazole rings is 2. The predicted molar refractivity (Wildman–Crippen MR) is 291 cm³/mol. The number of nitrogens with one attached hydrogen (secondary N) is 4. The van der Waals surface area contributed by atoms with Gasteiger partial charge in [0.1, 0.15) is 27.9 Å². The first-order valence-electron chi connectivity index (χ1n) is 26.4. The van der Waals surface area contributed by atoms with Gasteiger partial charge >= 0.3 is 0 Å². The second kappa shape index (κ2) is 25.8. The number of amides is 5. The van der Waals surface area contributed by atoms with Crippen LogP contribution in [0.4, 0.5) is 0 Å². The summed E-state index contributed by atoms with van der Waals surface area (Å²) in [7, 11) is 1.71. The summed E-state index contributed by atoms with van der Waals surface area (Å²) in [6.07, 6.45) is 7.05. The van der Waals surface area contributed by atoms with Crippen molar-refractivity contribution in [2.24, 2.45) is 22.7 Å². The van der Waals surface area contributed by atoms with Crippen LogP contribution in [0.1, 0.15) is 155 Å². The lowest BCUT2D eigenvalue weighted by Gasteiger charge is -2.36. The summed E-state index contributed by atoms with van der Waals surface area (Å²) in [5, 5.41) is 17.9. The molecule has 4 heterocycles. The van der Waals surface area contributed by atoms with Crippen LogP contribution in [0, 0.1) is 22.7 Å². The third kappa shape index (κ3) is 15.4. The first-order chi connectivity index (χ1) is 34.7. The third-order valence-corrected chi connectivity index (χ3v) is 16.3. The molecule has 2 fully saturated rings. The van der Waals surface area contributed by atoms with Crippen molar-refractivity contribution in [2.45, 2.75) is 169 Å². The van der Waals surface area contributed by atoms with Crippen LogP contribution in [0.5, 0.6) is 0 Å². The number of benzene rings is 2. The summed E-state index contributed by atoms with van der Waals surface area (Å²) in [5.41, 5.74) is 2.55. The van der Waals surface area contributed by atoms with E-state index in [1.165, 1.54) is 22.7 Å². The van der Waals surface area contributed by atoms with E-state index in [9.17, 15) is 28.8 Å². The van der Waals surface area contributed by atoms with Gasteiger partial charge in [-0.2, -0.15) is 0 Å². The largest absolute Gasteiger partial charge is 0.351 e. The fraction of sp³-hybridized carbons (Fsp3) is 0.579. The monoisotopic (exact) mass is 1040 g/mol. The molecule has 4 N–H and O–H groups in total. The maximum atomic E-state index is 14.5. The van der Waals surface area contributed by atoms with E-state index in [0.29, 0.717) is 58.0 Å².